The number of piperidine rings is 1. The van der Waals surface area contributed by atoms with Crippen molar-refractivity contribution in [1.82, 2.24) is 15.2 Å². The normalized spacial score (nSPS) is 20.9. The van der Waals surface area contributed by atoms with Crippen LogP contribution in [0.1, 0.15) is 27.3 Å². The van der Waals surface area contributed by atoms with Crippen molar-refractivity contribution in [1.29, 1.82) is 0 Å². The molecule has 3 aromatic rings. The molecule has 1 saturated carbocycles. The molecule has 0 spiro atoms. The highest BCUT2D eigenvalue weighted by Gasteiger charge is 2.54. The molecule has 33 heavy (non-hydrogen) atoms. The fourth-order valence-corrected chi connectivity index (χ4v) is 5.58. The molecular weight excluding hydrogens is 460 g/mol. The maximum absolute atomic E-state index is 13.6. The molecule has 1 saturated heterocycles. The number of anilines is 1. The van der Waals surface area contributed by atoms with Crippen LogP contribution in [0.3, 0.4) is 0 Å². The van der Waals surface area contributed by atoms with E-state index in [1.165, 1.54) is 11.3 Å². The fourth-order valence-electron chi connectivity index (χ4n) is 4.57. The number of benzene rings is 2. The second-order valence-corrected chi connectivity index (χ2v) is 9.83. The predicted octanol–water partition coefficient (Wildman–Crippen LogP) is 3.94. The van der Waals surface area contributed by atoms with E-state index >= 15 is 0 Å². The molecule has 7 nitrogen and oxygen atoms in total. The van der Waals surface area contributed by atoms with Crippen LogP contribution in [0.4, 0.5) is 5.13 Å². The lowest BCUT2D eigenvalue weighted by Gasteiger charge is -2.27. The maximum atomic E-state index is 13.6. The van der Waals surface area contributed by atoms with Gasteiger partial charge in [0.1, 0.15) is 11.4 Å². The third kappa shape index (κ3) is 4.28. The number of fused-ring (bicyclic) bond motifs is 1. The van der Waals surface area contributed by atoms with Gasteiger partial charge in [-0.25, -0.2) is 4.98 Å². The van der Waals surface area contributed by atoms with Gasteiger partial charge in [-0.1, -0.05) is 41.1 Å². The van der Waals surface area contributed by atoms with Crippen molar-refractivity contribution >= 4 is 39.9 Å². The van der Waals surface area contributed by atoms with Crippen LogP contribution in [-0.2, 0) is 0 Å². The summed E-state index contributed by atoms with van der Waals surface area (Å²) in [6.07, 6.45) is 1.07. The van der Waals surface area contributed by atoms with Crippen LogP contribution in [0.25, 0.3) is 10.4 Å². The Bertz CT molecular complexity index is 1230. The summed E-state index contributed by atoms with van der Waals surface area (Å²) in [5.41, 5.74) is 7.66. The Hall–Kier alpha value is -3.10. The molecule has 1 aromatic heterocycles. The number of nitrogens with one attached hydrogen (secondary N) is 1. The summed E-state index contributed by atoms with van der Waals surface area (Å²) in [5, 5.41) is 3.91. The number of nitrogens with two attached hydrogens (primary N) is 1. The van der Waals surface area contributed by atoms with Gasteiger partial charge in [-0.05, 0) is 54.2 Å². The van der Waals surface area contributed by atoms with E-state index in [4.69, 9.17) is 22.1 Å². The third-order valence-corrected chi connectivity index (χ3v) is 7.47. The second-order valence-electron chi connectivity index (χ2n) is 8.37. The predicted molar refractivity (Wildman–Crippen MR) is 129 cm³/mol. The summed E-state index contributed by atoms with van der Waals surface area (Å²) in [4.78, 5) is 33.2. The molecule has 1 aliphatic heterocycles. The van der Waals surface area contributed by atoms with Gasteiger partial charge in [-0.3, -0.25) is 9.59 Å². The Balaban J connectivity index is 1.34. The average molecular weight is 483 g/mol. The molecule has 3 N–H and O–H groups in total. The van der Waals surface area contributed by atoms with E-state index in [1.54, 1.807) is 43.5 Å². The van der Waals surface area contributed by atoms with Gasteiger partial charge in [0.25, 0.3) is 11.8 Å². The number of amides is 2. The Morgan fingerprint density at radius 1 is 1.27 bits per heavy atom. The Morgan fingerprint density at radius 3 is 2.88 bits per heavy atom. The zero-order chi connectivity index (χ0) is 23.1. The molecule has 0 bridgehead atoms. The van der Waals surface area contributed by atoms with E-state index in [-0.39, 0.29) is 17.9 Å². The van der Waals surface area contributed by atoms with Gasteiger partial charge >= 0.3 is 0 Å². The minimum absolute atomic E-state index is 0.0767. The number of aromatic nitrogens is 1. The molecule has 2 aliphatic rings. The molecule has 5 rings (SSSR count). The van der Waals surface area contributed by atoms with Crippen molar-refractivity contribution in [2.75, 3.05) is 25.9 Å². The Kier molecular flexibility index (Phi) is 5.72. The Morgan fingerprint density at radius 2 is 2.09 bits per heavy atom. The molecule has 2 fully saturated rings. The van der Waals surface area contributed by atoms with Crippen molar-refractivity contribution in [2.24, 2.45) is 11.8 Å². The fraction of sp³-hybridized carbons (Fsp3) is 0.292. The quantitative estimate of drug-likeness (QED) is 0.554. The number of methoxy groups -OCH3 is 1. The number of halogens is 1. The zero-order valence-corrected chi connectivity index (χ0v) is 19.5. The molecule has 2 aromatic carbocycles. The second kappa shape index (κ2) is 8.68. The summed E-state index contributed by atoms with van der Waals surface area (Å²) >= 11 is 7.43. The van der Waals surface area contributed by atoms with Gasteiger partial charge in [0.15, 0.2) is 5.13 Å². The van der Waals surface area contributed by atoms with E-state index in [2.05, 4.69) is 10.3 Å². The first-order valence-electron chi connectivity index (χ1n) is 10.7. The van der Waals surface area contributed by atoms with Crippen molar-refractivity contribution in [3.63, 3.8) is 0 Å². The number of likely N-dealkylation sites (tertiary alicyclic amines) is 1. The smallest absolute Gasteiger partial charge is 0.274 e. The Labute approximate surface area is 200 Å². The van der Waals surface area contributed by atoms with Crippen LogP contribution in [-0.4, -0.2) is 47.9 Å². The first kappa shape index (κ1) is 21.7. The van der Waals surface area contributed by atoms with Crippen LogP contribution >= 0.6 is 22.9 Å². The number of hydrogen-bond acceptors (Lipinski definition) is 6. The molecule has 0 radical (unpaired) electrons. The monoisotopic (exact) mass is 482 g/mol. The van der Waals surface area contributed by atoms with Crippen LogP contribution in [0.2, 0.25) is 5.02 Å². The standard InChI is InChI=1S/C24H23ClN4O3S/c1-32-17-7-3-5-14(9-17)22(30)27-11-19-18-10-15(18)12-29(19)23(31)20-21(33-24(26)28-20)13-4-2-6-16(25)8-13/h2-9,15,18-19H,10-12H2,1H3,(H2,26,28)(H,27,30)/t15-,18?,19-/m1/s1. The highest BCUT2D eigenvalue weighted by Crippen LogP contribution is 2.50. The van der Waals surface area contributed by atoms with E-state index < -0.39 is 0 Å². The summed E-state index contributed by atoms with van der Waals surface area (Å²) in [7, 11) is 1.56. The number of nitrogens with zero attached hydrogens (tertiary/aromatic N) is 2. The zero-order valence-electron chi connectivity index (χ0n) is 18.0. The SMILES string of the molecule is COc1cccc(C(=O)NC[C@@H]2C3C[C@@H]3CN2C(=O)c2nc(N)sc2-c2cccc(Cl)c2)c1. The number of ether oxygens (including phenoxy) is 1. The number of rotatable bonds is 6. The number of carbonyl (C=O) groups is 2. The van der Waals surface area contributed by atoms with Crippen molar-refractivity contribution in [3.05, 3.63) is 64.8 Å². The van der Waals surface area contributed by atoms with E-state index in [0.29, 0.717) is 57.0 Å². The number of hydrogen-bond donors (Lipinski definition) is 2. The van der Waals surface area contributed by atoms with Gasteiger partial charge in [-0.2, -0.15) is 0 Å². The van der Waals surface area contributed by atoms with Gasteiger partial charge in [0.05, 0.1) is 18.0 Å². The van der Waals surface area contributed by atoms with Crippen molar-refractivity contribution < 1.29 is 14.3 Å². The average Bonchev–Trinajstić information content (AvgIpc) is 3.33. The summed E-state index contributed by atoms with van der Waals surface area (Å²) in [6, 6.07) is 14.2. The van der Waals surface area contributed by atoms with Crippen LogP contribution < -0.4 is 15.8 Å². The molecule has 170 valence electrons. The molecule has 3 atom stereocenters. The third-order valence-electron chi connectivity index (χ3n) is 6.30. The topological polar surface area (TPSA) is 97.5 Å². The lowest BCUT2D eigenvalue weighted by Crippen LogP contribution is -2.45. The van der Waals surface area contributed by atoms with Gasteiger partial charge in [-0.15, -0.1) is 0 Å². The molecule has 2 heterocycles. The lowest BCUT2D eigenvalue weighted by molar-refractivity contribution is 0.0691. The highest BCUT2D eigenvalue weighted by atomic mass is 35.5. The maximum Gasteiger partial charge on any atom is 0.274 e. The summed E-state index contributed by atoms with van der Waals surface area (Å²) in [6.45, 7) is 1.05. The van der Waals surface area contributed by atoms with Crippen LogP contribution in [0.15, 0.2) is 48.5 Å². The minimum atomic E-state index is -0.192. The number of thiazole rings is 1. The summed E-state index contributed by atoms with van der Waals surface area (Å²) in [5.74, 6) is 1.13. The van der Waals surface area contributed by atoms with Crippen molar-refractivity contribution in [2.45, 2.75) is 12.5 Å². The van der Waals surface area contributed by atoms with E-state index in [0.717, 1.165) is 12.0 Å². The summed E-state index contributed by atoms with van der Waals surface area (Å²) < 4.78 is 5.20. The first-order chi connectivity index (χ1) is 15.9. The van der Waals surface area contributed by atoms with E-state index in [1.807, 2.05) is 17.0 Å². The minimum Gasteiger partial charge on any atom is -0.497 e. The van der Waals surface area contributed by atoms with E-state index in [9.17, 15) is 9.59 Å². The van der Waals surface area contributed by atoms with Crippen molar-refractivity contribution in [3.8, 4) is 16.2 Å². The van der Waals surface area contributed by atoms with Gasteiger partial charge in [0.2, 0.25) is 0 Å². The molecular formula is C24H23ClN4O3S. The van der Waals surface area contributed by atoms with Gasteiger partial charge < -0.3 is 20.7 Å². The highest BCUT2D eigenvalue weighted by molar-refractivity contribution is 7.19. The molecule has 9 heteroatoms. The van der Waals surface area contributed by atoms with Gasteiger partial charge in [0, 0.05) is 23.7 Å². The van der Waals surface area contributed by atoms with Crippen LogP contribution in [0, 0.1) is 11.8 Å². The molecule has 1 unspecified atom stereocenters. The van der Waals surface area contributed by atoms with Crippen LogP contribution in [0.5, 0.6) is 5.75 Å². The molecule has 1 aliphatic carbocycles. The lowest BCUT2D eigenvalue weighted by atomic mass is 10.1. The number of carbonyl (C=O) groups excluding carboxylic acids is 2. The largest absolute Gasteiger partial charge is 0.497 e. The molecule has 2 amide bonds. The number of nitrogen functional groups attached to an aromatic ring is 1. The first-order valence-corrected chi connectivity index (χ1v) is 11.9.